The molecule has 2 rings (SSSR count). The van der Waals surface area contributed by atoms with E-state index in [0.29, 0.717) is 49.2 Å². The molecule has 14 nitrogen and oxygen atoms in total. The first-order valence-electron chi connectivity index (χ1n) is 22.1. The number of carboxylic acid groups (broad SMARTS) is 2. The number of benzene rings is 2. The van der Waals surface area contributed by atoms with Gasteiger partial charge in [-0.3, -0.25) is 9.44 Å². The van der Waals surface area contributed by atoms with Crippen LogP contribution in [-0.4, -0.2) is 112 Å². The maximum atomic E-state index is 13.5. The van der Waals surface area contributed by atoms with Crippen LogP contribution in [0.5, 0.6) is 0 Å². The number of aliphatic hydroxyl groups excluding tert-OH is 2. The number of sulfonamides is 2. The number of anilines is 2. The zero-order valence-corrected chi connectivity index (χ0v) is 40.9. The number of hydrogen-bond acceptors (Lipinski definition) is 12. The van der Waals surface area contributed by atoms with E-state index < -0.39 is 55.5 Å². The Morgan fingerprint density at radius 1 is 0.594 bits per heavy atom. The molecule has 0 aromatic heterocycles. The molecule has 0 aliphatic heterocycles. The number of hydrogen-bond donors (Lipinski definition) is 4. The number of halogens is 2. The topological polar surface area (TPSA) is 220 Å². The number of alkyl halides is 2. The molecule has 18 heteroatoms. The third-order valence-electron chi connectivity index (χ3n) is 9.84. The van der Waals surface area contributed by atoms with Crippen LogP contribution in [0.2, 0.25) is 0 Å². The van der Waals surface area contributed by atoms with E-state index in [4.69, 9.17) is 0 Å². The van der Waals surface area contributed by atoms with Gasteiger partial charge in [0.2, 0.25) is 20.0 Å². The minimum atomic E-state index is -3.29. The molecule has 0 amide bonds. The van der Waals surface area contributed by atoms with Crippen LogP contribution < -0.4 is 19.7 Å². The molecule has 64 heavy (non-hydrogen) atoms. The van der Waals surface area contributed by atoms with Crippen molar-refractivity contribution >= 4 is 43.4 Å². The molecule has 2 atom stereocenters. The zero-order valence-electron chi connectivity index (χ0n) is 39.3. The highest BCUT2D eigenvalue weighted by atomic mass is 32.2. The van der Waals surface area contributed by atoms with Gasteiger partial charge >= 0.3 is 0 Å². The normalized spacial score (nSPS) is 13.2. The molecule has 0 unspecified atom stereocenters. The number of nitrogens with one attached hydrogen (secondary N) is 2. The van der Waals surface area contributed by atoms with Gasteiger partial charge in [-0.25, -0.2) is 25.6 Å². The fraction of sp³-hybridized carbons (Fsp3) is 0.652. The van der Waals surface area contributed by atoms with E-state index in [9.17, 15) is 55.6 Å². The Bertz CT molecular complexity index is 1700. The number of nitrogens with zero attached hydrogens (tertiary/aromatic N) is 2. The third kappa shape index (κ3) is 35.6. The standard InChI is InChI=1S/2C21H37FN2O3S.C4H4O4/c2*1-5-24(16-8-6-7-15-21(2,3)22)17-9-10-20(25)18-11-13-19(14-12-18)23-28(4,26)27;5-3(6)1-2-4(7)8/h2*11-14,20,23,25H,5-10,15-17H2,1-4H3;1-2H,(H,5,6)(H,7,8)/p-2/b;;2-1+/t2*20-;/m11./s1. The van der Waals surface area contributed by atoms with E-state index in [1.165, 1.54) is 0 Å². The van der Waals surface area contributed by atoms with E-state index in [-0.39, 0.29) is 0 Å². The van der Waals surface area contributed by atoms with E-state index in [2.05, 4.69) is 33.1 Å². The van der Waals surface area contributed by atoms with Crippen LogP contribution in [0.15, 0.2) is 60.7 Å². The molecule has 0 saturated heterocycles. The Balaban J connectivity index is 0.00000106. The predicted octanol–water partition coefficient (Wildman–Crippen LogP) is 6.05. The highest BCUT2D eigenvalue weighted by Gasteiger charge is 2.16. The Hall–Kier alpha value is -3.68. The van der Waals surface area contributed by atoms with Gasteiger partial charge in [-0.2, -0.15) is 0 Å². The van der Waals surface area contributed by atoms with Crippen molar-refractivity contribution in [3.8, 4) is 0 Å². The zero-order chi connectivity index (χ0) is 49.0. The largest absolute Gasteiger partial charge is 0.545 e. The third-order valence-corrected chi connectivity index (χ3v) is 11.1. The molecule has 0 radical (unpaired) electrons. The van der Waals surface area contributed by atoms with E-state index in [1.54, 1.807) is 76.2 Å². The molecule has 0 fully saturated rings. The van der Waals surface area contributed by atoms with Gasteiger partial charge in [0.25, 0.3) is 0 Å². The minimum absolute atomic E-state index is 0.384. The number of rotatable bonds is 30. The summed E-state index contributed by atoms with van der Waals surface area (Å²) >= 11 is 0. The first kappa shape index (κ1) is 60.3. The Morgan fingerprint density at radius 2 is 0.891 bits per heavy atom. The van der Waals surface area contributed by atoms with Crippen molar-refractivity contribution in [3.63, 3.8) is 0 Å². The van der Waals surface area contributed by atoms with Crippen molar-refractivity contribution in [2.24, 2.45) is 0 Å². The molecule has 4 N–H and O–H groups in total. The quantitative estimate of drug-likeness (QED) is 0.0520. The van der Waals surface area contributed by atoms with Gasteiger partial charge in [0.15, 0.2) is 0 Å². The maximum Gasteiger partial charge on any atom is 0.229 e. The smallest absolute Gasteiger partial charge is 0.229 e. The fourth-order valence-electron chi connectivity index (χ4n) is 6.43. The Morgan fingerprint density at radius 3 is 1.14 bits per heavy atom. The summed E-state index contributed by atoms with van der Waals surface area (Å²) in [6.07, 6.45) is 12.3. The lowest BCUT2D eigenvalue weighted by atomic mass is 10.0. The summed E-state index contributed by atoms with van der Waals surface area (Å²) in [5, 5.41) is 39.5. The lowest BCUT2D eigenvalue weighted by Gasteiger charge is -2.21. The summed E-state index contributed by atoms with van der Waals surface area (Å²) < 4.78 is 76.6. The maximum absolute atomic E-state index is 13.5. The van der Waals surface area contributed by atoms with Crippen molar-refractivity contribution in [3.05, 3.63) is 71.8 Å². The van der Waals surface area contributed by atoms with Crippen molar-refractivity contribution < 1.29 is 55.6 Å². The van der Waals surface area contributed by atoms with Gasteiger partial charge in [-0.15, -0.1) is 0 Å². The number of carbonyl (C=O) groups is 2. The lowest BCUT2D eigenvalue weighted by Crippen LogP contribution is -2.26. The van der Waals surface area contributed by atoms with Gasteiger partial charge < -0.3 is 39.8 Å². The minimum Gasteiger partial charge on any atom is -0.545 e. The second-order valence-electron chi connectivity index (χ2n) is 17.2. The molecule has 368 valence electrons. The van der Waals surface area contributed by atoms with Crippen LogP contribution in [0.25, 0.3) is 0 Å². The van der Waals surface area contributed by atoms with Crippen LogP contribution >= 0.6 is 0 Å². The number of carboxylic acids is 2. The van der Waals surface area contributed by atoms with Crippen LogP contribution in [0.4, 0.5) is 20.2 Å². The summed E-state index contributed by atoms with van der Waals surface area (Å²) in [4.78, 5) is 23.6. The van der Waals surface area contributed by atoms with Gasteiger partial charge in [0.1, 0.15) is 11.3 Å². The van der Waals surface area contributed by atoms with Crippen LogP contribution in [0, 0.1) is 0 Å². The molecule has 0 saturated carbocycles. The second kappa shape index (κ2) is 31.3. The van der Waals surface area contributed by atoms with Gasteiger partial charge in [0, 0.05) is 11.4 Å². The summed E-state index contributed by atoms with van der Waals surface area (Å²) in [5.74, 6) is -3.09. The van der Waals surface area contributed by atoms with E-state index >= 15 is 0 Å². The molecule has 2 aromatic carbocycles. The summed E-state index contributed by atoms with van der Waals surface area (Å²) in [6, 6.07) is 13.7. The molecule has 0 heterocycles. The van der Waals surface area contributed by atoms with Gasteiger partial charge in [0.05, 0.1) is 36.7 Å². The van der Waals surface area contributed by atoms with Gasteiger partial charge in [-0.05, 0) is 166 Å². The van der Waals surface area contributed by atoms with Crippen LogP contribution in [0.1, 0.15) is 142 Å². The monoisotopic (exact) mass is 946 g/mol. The molecular weight excluding hydrogens is 871 g/mol. The lowest BCUT2D eigenvalue weighted by molar-refractivity contribution is -0.301. The van der Waals surface area contributed by atoms with Crippen molar-refractivity contribution in [1.82, 2.24) is 9.80 Å². The summed E-state index contributed by atoms with van der Waals surface area (Å²) in [5.41, 5.74) is 0.421. The molecular formula is C46H76F2N4O10S2-2. The van der Waals surface area contributed by atoms with Crippen molar-refractivity contribution in [1.29, 1.82) is 0 Å². The van der Waals surface area contributed by atoms with Crippen LogP contribution in [0.3, 0.4) is 0 Å². The number of carbonyl (C=O) groups excluding carboxylic acids is 2. The predicted molar refractivity (Wildman–Crippen MR) is 249 cm³/mol. The van der Waals surface area contributed by atoms with Gasteiger partial charge in [-0.1, -0.05) is 63.8 Å². The van der Waals surface area contributed by atoms with Crippen molar-refractivity contribution in [2.75, 3.05) is 61.2 Å². The van der Waals surface area contributed by atoms with Crippen LogP contribution in [-0.2, 0) is 29.6 Å². The number of aliphatic hydroxyl groups is 2. The SMILES string of the molecule is CCN(CCCCCC(C)(C)F)CCC[C@@H](O)c1ccc(NS(C)(=O)=O)cc1.CCN(CCCCCC(C)(C)F)CCC[C@@H](O)c1ccc(NS(C)(=O)=O)cc1.O=C([O-])/C=C/C(=O)[O-]. The van der Waals surface area contributed by atoms with E-state index in [1.807, 2.05) is 0 Å². The summed E-state index contributed by atoms with van der Waals surface area (Å²) in [7, 11) is -6.58. The molecule has 0 bridgehead atoms. The Kier molecular flexibility index (Phi) is 29.5. The first-order chi connectivity index (χ1) is 29.6. The molecule has 2 aromatic rings. The molecule has 0 aliphatic carbocycles. The molecule has 0 spiro atoms. The fourth-order valence-corrected chi connectivity index (χ4v) is 7.56. The number of unbranched alkanes of at least 4 members (excludes halogenated alkanes) is 4. The average Bonchev–Trinajstić information content (AvgIpc) is 3.17. The second-order valence-corrected chi connectivity index (χ2v) is 20.7. The molecule has 0 aliphatic rings. The first-order valence-corrected chi connectivity index (χ1v) is 25.9. The summed E-state index contributed by atoms with van der Waals surface area (Å²) in [6.45, 7) is 16.6. The highest BCUT2D eigenvalue weighted by molar-refractivity contribution is 7.92. The van der Waals surface area contributed by atoms with Crippen molar-refractivity contribution in [2.45, 2.75) is 142 Å². The average molecular weight is 947 g/mol. The van der Waals surface area contributed by atoms with E-state index in [0.717, 1.165) is 114 Å². The Labute approximate surface area is 382 Å². The highest BCUT2D eigenvalue weighted by Crippen LogP contribution is 2.23. The number of aliphatic carboxylic acids is 2.